The number of nitrogens with zero attached hydrogens (tertiary/aromatic N) is 1. The Morgan fingerprint density at radius 3 is 2.71 bits per heavy atom. The van der Waals surface area contributed by atoms with E-state index in [1.807, 2.05) is 25.1 Å². The molecule has 4 heteroatoms. The highest BCUT2D eigenvalue weighted by Crippen LogP contribution is 2.20. The van der Waals surface area contributed by atoms with E-state index in [0.717, 1.165) is 36.3 Å². The molecule has 1 heterocycles. The van der Waals surface area contributed by atoms with Gasteiger partial charge in [-0.2, -0.15) is 0 Å². The molecule has 1 amide bonds. The average Bonchev–Trinajstić information content (AvgIpc) is 2.50. The van der Waals surface area contributed by atoms with Gasteiger partial charge in [0.1, 0.15) is 0 Å². The van der Waals surface area contributed by atoms with Gasteiger partial charge in [-0.25, -0.2) is 0 Å². The number of aromatic nitrogens is 1. The van der Waals surface area contributed by atoms with Crippen molar-refractivity contribution in [1.29, 1.82) is 0 Å². The Bertz CT molecular complexity index is 610. The van der Waals surface area contributed by atoms with E-state index in [0.29, 0.717) is 5.56 Å². The fraction of sp³-hybridized carbons (Fsp3) is 0.294. The predicted molar refractivity (Wildman–Crippen MR) is 86.8 cm³/mol. The first kappa shape index (κ1) is 15.0. The average molecular weight is 283 g/mol. The maximum atomic E-state index is 12.5. The van der Waals surface area contributed by atoms with Crippen LogP contribution in [0.1, 0.15) is 36.2 Å². The third kappa shape index (κ3) is 3.81. The van der Waals surface area contributed by atoms with E-state index in [9.17, 15) is 4.79 Å². The van der Waals surface area contributed by atoms with Crippen molar-refractivity contribution in [3.05, 3.63) is 53.9 Å². The molecule has 110 valence electrons. The van der Waals surface area contributed by atoms with Crippen molar-refractivity contribution in [2.24, 2.45) is 0 Å². The number of hydrogen-bond acceptors (Lipinski definition) is 3. The largest absolute Gasteiger partial charge is 0.383 e. The van der Waals surface area contributed by atoms with Gasteiger partial charge >= 0.3 is 0 Å². The quantitative estimate of drug-likeness (QED) is 0.849. The number of carbonyl (C=O) groups excluding carboxylic acids is 1. The van der Waals surface area contributed by atoms with Gasteiger partial charge in [0.15, 0.2) is 0 Å². The number of anilines is 2. The molecular formula is C17H21N3O. The topological polar surface area (TPSA) is 54.0 Å². The lowest BCUT2D eigenvalue weighted by molar-refractivity contribution is 0.102. The zero-order chi connectivity index (χ0) is 15.1. The van der Waals surface area contributed by atoms with E-state index in [1.54, 1.807) is 18.5 Å². The van der Waals surface area contributed by atoms with Gasteiger partial charge in [0.25, 0.3) is 5.91 Å². The van der Waals surface area contributed by atoms with E-state index in [2.05, 4.69) is 28.6 Å². The van der Waals surface area contributed by atoms with Crippen LogP contribution in [-0.2, 0) is 6.42 Å². The zero-order valence-electron chi connectivity index (χ0n) is 12.5. The molecule has 1 aromatic carbocycles. The number of nitrogens with one attached hydrogen (secondary N) is 2. The van der Waals surface area contributed by atoms with Gasteiger partial charge in [-0.15, -0.1) is 0 Å². The molecule has 0 saturated carbocycles. The van der Waals surface area contributed by atoms with E-state index in [1.165, 1.54) is 0 Å². The predicted octanol–water partition coefficient (Wildman–Crippen LogP) is 3.72. The van der Waals surface area contributed by atoms with Crippen LogP contribution in [0.3, 0.4) is 0 Å². The summed E-state index contributed by atoms with van der Waals surface area (Å²) in [5.41, 5.74) is 3.40. The lowest BCUT2D eigenvalue weighted by Gasteiger charge is -2.13. The minimum atomic E-state index is -0.114. The number of para-hydroxylation sites is 1. The second-order valence-corrected chi connectivity index (χ2v) is 4.81. The molecule has 0 aliphatic rings. The molecule has 2 aromatic rings. The second kappa shape index (κ2) is 7.43. The lowest BCUT2D eigenvalue weighted by Crippen LogP contribution is -2.16. The minimum Gasteiger partial charge on any atom is -0.383 e. The van der Waals surface area contributed by atoms with Crippen LogP contribution in [0.5, 0.6) is 0 Å². The molecule has 0 aliphatic heterocycles. The van der Waals surface area contributed by atoms with Gasteiger partial charge in [-0.05, 0) is 31.0 Å². The summed E-state index contributed by atoms with van der Waals surface area (Å²) in [6, 6.07) is 9.66. The Hall–Kier alpha value is -2.36. The van der Waals surface area contributed by atoms with Crippen molar-refractivity contribution in [3.8, 4) is 0 Å². The molecule has 0 fully saturated rings. The Morgan fingerprint density at radius 2 is 1.95 bits per heavy atom. The van der Waals surface area contributed by atoms with Gasteiger partial charge in [0.2, 0.25) is 0 Å². The maximum Gasteiger partial charge on any atom is 0.257 e. The number of aryl methyl sites for hydroxylation is 1. The lowest BCUT2D eigenvalue weighted by atomic mass is 10.1. The van der Waals surface area contributed by atoms with Crippen LogP contribution >= 0.6 is 0 Å². The molecule has 0 bridgehead atoms. The first-order valence-electron chi connectivity index (χ1n) is 7.33. The van der Waals surface area contributed by atoms with Gasteiger partial charge < -0.3 is 10.6 Å². The number of carbonyl (C=O) groups is 1. The summed E-state index contributed by atoms with van der Waals surface area (Å²) in [6.45, 7) is 4.87. The molecule has 0 saturated heterocycles. The van der Waals surface area contributed by atoms with E-state index in [4.69, 9.17) is 0 Å². The maximum absolute atomic E-state index is 12.5. The summed E-state index contributed by atoms with van der Waals surface area (Å²) in [5.74, 6) is -0.114. The molecular weight excluding hydrogens is 262 g/mol. The number of rotatable bonds is 6. The summed E-state index contributed by atoms with van der Waals surface area (Å²) in [7, 11) is 0. The van der Waals surface area contributed by atoms with Crippen molar-refractivity contribution in [2.45, 2.75) is 26.7 Å². The summed E-state index contributed by atoms with van der Waals surface area (Å²) >= 11 is 0. The van der Waals surface area contributed by atoms with Crippen LogP contribution in [0.15, 0.2) is 42.7 Å². The first-order valence-corrected chi connectivity index (χ1v) is 7.33. The number of pyridine rings is 1. The third-order valence-electron chi connectivity index (χ3n) is 3.22. The highest BCUT2D eigenvalue weighted by atomic mass is 16.1. The van der Waals surface area contributed by atoms with Crippen LogP contribution in [0, 0.1) is 0 Å². The van der Waals surface area contributed by atoms with Crippen LogP contribution in [0.25, 0.3) is 0 Å². The fourth-order valence-electron chi connectivity index (χ4n) is 2.24. The monoisotopic (exact) mass is 283 g/mol. The van der Waals surface area contributed by atoms with E-state index >= 15 is 0 Å². The molecule has 21 heavy (non-hydrogen) atoms. The number of benzene rings is 1. The van der Waals surface area contributed by atoms with Crippen LogP contribution in [0.2, 0.25) is 0 Å². The van der Waals surface area contributed by atoms with E-state index in [-0.39, 0.29) is 5.91 Å². The first-order chi connectivity index (χ1) is 10.3. The third-order valence-corrected chi connectivity index (χ3v) is 3.22. The van der Waals surface area contributed by atoms with Crippen molar-refractivity contribution in [3.63, 3.8) is 0 Å². The van der Waals surface area contributed by atoms with Crippen molar-refractivity contribution in [2.75, 3.05) is 17.2 Å². The minimum absolute atomic E-state index is 0.114. The summed E-state index contributed by atoms with van der Waals surface area (Å²) in [6.07, 6.45) is 5.31. The van der Waals surface area contributed by atoms with E-state index < -0.39 is 0 Å². The normalized spacial score (nSPS) is 10.2. The smallest absolute Gasteiger partial charge is 0.257 e. The standard InChI is InChI=1S/C17H21N3O/c1-3-7-13-8-5-6-9-15(13)20-17(21)14-10-11-18-12-16(14)19-4-2/h5-6,8-12,19H,3-4,7H2,1-2H3,(H,20,21). The van der Waals surface area contributed by atoms with Crippen molar-refractivity contribution in [1.82, 2.24) is 4.98 Å². The van der Waals surface area contributed by atoms with Gasteiger partial charge in [0, 0.05) is 18.4 Å². The molecule has 2 N–H and O–H groups in total. The molecule has 0 aliphatic carbocycles. The van der Waals surface area contributed by atoms with Crippen molar-refractivity contribution >= 4 is 17.3 Å². The fourth-order valence-corrected chi connectivity index (χ4v) is 2.24. The molecule has 2 rings (SSSR count). The van der Waals surface area contributed by atoms with Gasteiger partial charge in [0.05, 0.1) is 17.4 Å². The van der Waals surface area contributed by atoms with Crippen molar-refractivity contribution < 1.29 is 4.79 Å². The van der Waals surface area contributed by atoms with Crippen LogP contribution in [0.4, 0.5) is 11.4 Å². The van der Waals surface area contributed by atoms with Crippen LogP contribution < -0.4 is 10.6 Å². The number of amides is 1. The molecule has 0 radical (unpaired) electrons. The van der Waals surface area contributed by atoms with Gasteiger partial charge in [-0.3, -0.25) is 9.78 Å². The summed E-state index contributed by atoms with van der Waals surface area (Å²) < 4.78 is 0. The molecule has 0 unspecified atom stereocenters. The Morgan fingerprint density at radius 1 is 1.14 bits per heavy atom. The molecule has 0 atom stereocenters. The highest BCUT2D eigenvalue weighted by Gasteiger charge is 2.12. The Kier molecular flexibility index (Phi) is 5.32. The summed E-state index contributed by atoms with van der Waals surface area (Å²) in [4.78, 5) is 16.5. The molecule has 0 spiro atoms. The van der Waals surface area contributed by atoms with Gasteiger partial charge in [-0.1, -0.05) is 31.5 Å². The zero-order valence-corrected chi connectivity index (χ0v) is 12.5. The molecule has 1 aromatic heterocycles. The SMILES string of the molecule is CCCc1ccccc1NC(=O)c1ccncc1NCC. The van der Waals surface area contributed by atoms with Crippen LogP contribution in [-0.4, -0.2) is 17.4 Å². The Balaban J connectivity index is 2.22. The number of hydrogen-bond donors (Lipinski definition) is 2. The second-order valence-electron chi connectivity index (χ2n) is 4.81. The molecule has 4 nitrogen and oxygen atoms in total. The highest BCUT2D eigenvalue weighted by molar-refractivity contribution is 6.08. The summed E-state index contributed by atoms with van der Waals surface area (Å²) in [5, 5.41) is 6.16. The Labute approximate surface area is 125 Å².